The molecule has 0 bridgehead atoms. The third-order valence-electron chi connectivity index (χ3n) is 3.03. The molecule has 1 aliphatic rings. The molecule has 0 spiro atoms. The molecule has 0 radical (unpaired) electrons. The number of aliphatic hydroxyl groups is 3. The van der Waals surface area contributed by atoms with Gasteiger partial charge in [0, 0.05) is 6.42 Å². The van der Waals surface area contributed by atoms with Gasteiger partial charge in [-0.05, 0) is 11.6 Å². The standard InChI is InChI=1S/C15H20O7/c1-3-5-9(4-2)6-11(15(19)20)21-13-7-10(17)14(18)12(8-16)22-13/h3-6,10,12-14,16-18H,1-2,7-8H2,(H,19,20)/b9-5+,11-6-. The first-order valence-electron chi connectivity index (χ1n) is 6.62. The van der Waals surface area contributed by atoms with E-state index in [0.29, 0.717) is 5.57 Å². The van der Waals surface area contributed by atoms with E-state index in [1.54, 1.807) is 0 Å². The Balaban J connectivity index is 2.90. The number of carboxylic acid groups (broad SMARTS) is 1. The largest absolute Gasteiger partial charge is 0.475 e. The summed E-state index contributed by atoms with van der Waals surface area (Å²) in [6.07, 6.45) is 0.925. The molecule has 1 rings (SSSR count). The number of carboxylic acids is 1. The molecule has 1 fully saturated rings. The summed E-state index contributed by atoms with van der Waals surface area (Å²) in [6.45, 7) is 6.51. The van der Waals surface area contributed by atoms with Gasteiger partial charge < -0.3 is 29.9 Å². The molecular weight excluding hydrogens is 292 g/mol. The van der Waals surface area contributed by atoms with Crippen molar-refractivity contribution in [3.8, 4) is 0 Å². The van der Waals surface area contributed by atoms with E-state index in [9.17, 15) is 15.0 Å². The fourth-order valence-corrected chi connectivity index (χ4v) is 1.89. The van der Waals surface area contributed by atoms with Crippen molar-refractivity contribution in [2.24, 2.45) is 0 Å². The predicted octanol–water partition coefficient (Wildman–Crippen LogP) is 0.0990. The lowest BCUT2D eigenvalue weighted by molar-refractivity contribution is -0.246. The number of aliphatic carboxylic acids is 1. The highest BCUT2D eigenvalue weighted by atomic mass is 16.7. The molecule has 0 aromatic rings. The summed E-state index contributed by atoms with van der Waals surface area (Å²) in [4.78, 5) is 11.2. The van der Waals surface area contributed by atoms with Crippen LogP contribution >= 0.6 is 0 Å². The molecule has 1 heterocycles. The molecule has 4 N–H and O–H groups in total. The van der Waals surface area contributed by atoms with Gasteiger partial charge in [0.05, 0.1) is 12.7 Å². The van der Waals surface area contributed by atoms with Crippen molar-refractivity contribution in [3.63, 3.8) is 0 Å². The average Bonchev–Trinajstić information content (AvgIpc) is 2.48. The fourth-order valence-electron chi connectivity index (χ4n) is 1.89. The summed E-state index contributed by atoms with van der Waals surface area (Å²) in [5.41, 5.74) is 0.461. The number of hydrogen-bond donors (Lipinski definition) is 4. The molecule has 0 aromatic heterocycles. The van der Waals surface area contributed by atoms with Crippen molar-refractivity contribution in [1.29, 1.82) is 0 Å². The summed E-state index contributed by atoms with van der Waals surface area (Å²) in [6, 6.07) is 0. The first kappa shape index (κ1) is 18.1. The zero-order valence-electron chi connectivity index (χ0n) is 12.0. The van der Waals surface area contributed by atoms with Crippen molar-refractivity contribution in [3.05, 3.63) is 48.8 Å². The molecule has 1 aliphatic heterocycles. The van der Waals surface area contributed by atoms with Crippen molar-refractivity contribution >= 4 is 5.97 Å². The van der Waals surface area contributed by atoms with Crippen LogP contribution in [-0.4, -0.2) is 57.6 Å². The second kappa shape index (κ2) is 8.50. The van der Waals surface area contributed by atoms with Gasteiger partial charge in [-0.25, -0.2) is 4.79 Å². The first-order valence-corrected chi connectivity index (χ1v) is 6.62. The third kappa shape index (κ3) is 4.81. The molecule has 0 aliphatic carbocycles. The first-order chi connectivity index (χ1) is 10.4. The van der Waals surface area contributed by atoms with Crippen LogP contribution in [0.3, 0.4) is 0 Å². The minimum atomic E-state index is -1.33. The van der Waals surface area contributed by atoms with Crippen molar-refractivity contribution in [2.45, 2.75) is 31.0 Å². The maximum absolute atomic E-state index is 11.2. The Morgan fingerprint density at radius 1 is 1.36 bits per heavy atom. The Kier molecular flexibility index (Phi) is 7.00. The van der Waals surface area contributed by atoms with Crippen molar-refractivity contribution < 1.29 is 34.7 Å². The van der Waals surface area contributed by atoms with Crippen LogP contribution in [0, 0.1) is 0 Å². The van der Waals surface area contributed by atoms with Gasteiger partial charge in [0.15, 0.2) is 0 Å². The molecule has 0 amide bonds. The van der Waals surface area contributed by atoms with E-state index in [-0.39, 0.29) is 6.42 Å². The molecule has 0 saturated carbocycles. The molecule has 4 unspecified atom stereocenters. The summed E-state index contributed by atoms with van der Waals surface area (Å²) >= 11 is 0. The highest BCUT2D eigenvalue weighted by Gasteiger charge is 2.38. The van der Waals surface area contributed by atoms with Gasteiger partial charge >= 0.3 is 5.97 Å². The number of hydrogen-bond acceptors (Lipinski definition) is 6. The monoisotopic (exact) mass is 312 g/mol. The number of aliphatic hydroxyl groups excluding tert-OH is 3. The van der Waals surface area contributed by atoms with Crippen LogP contribution in [0.1, 0.15) is 6.42 Å². The number of rotatable bonds is 7. The minimum absolute atomic E-state index is 0.128. The van der Waals surface area contributed by atoms with E-state index in [2.05, 4.69) is 13.2 Å². The zero-order chi connectivity index (χ0) is 16.7. The number of carbonyl (C=O) groups is 1. The molecule has 122 valence electrons. The minimum Gasteiger partial charge on any atom is -0.475 e. The summed E-state index contributed by atoms with van der Waals surface area (Å²) in [5.74, 6) is -1.75. The summed E-state index contributed by atoms with van der Waals surface area (Å²) in [7, 11) is 0. The highest BCUT2D eigenvalue weighted by molar-refractivity contribution is 5.85. The van der Waals surface area contributed by atoms with E-state index in [0.717, 1.165) is 0 Å². The summed E-state index contributed by atoms with van der Waals surface area (Å²) in [5, 5.41) is 37.5. The van der Waals surface area contributed by atoms with E-state index in [1.165, 1.54) is 24.3 Å². The van der Waals surface area contributed by atoms with Gasteiger partial charge in [0.2, 0.25) is 12.0 Å². The normalized spacial score (nSPS) is 29.8. The number of ether oxygens (including phenoxy) is 2. The van der Waals surface area contributed by atoms with Gasteiger partial charge in [0.1, 0.15) is 12.2 Å². The lowest BCUT2D eigenvalue weighted by Crippen LogP contribution is -2.50. The lowest BCUT2D eigenvalue weighted by Gasteiger charge is -2.36. The van der Waals surface area contributed by atoms with Crippen LogP contribution in [-0.2, 0) is 14.3 Å². The maximum atomic E-state index is 11.2. The second-order valence-corrected chi connectivity index (χ2v) is 4.62. The molecule has 1 saturated heterocycles. The molecular formula is C15H20O7. The predicted molar refractivity (Wildman–Crippen MR) is 77.7 cm³/mol. The van der Waals surface area contributed by atoms with Gasteiger partial charge in [-0.3, -0.25) is 0 Å². The van der Waals surface area contributed by atoms with E-state index in [1.807, 2.05) is 0 Å². The zero-order valence-corrected chi connectivity index (χ0v) is 12.0. The SMILES string of the molecule is C=C/C=C(C=C)/C=C(\OC1CC(O)C(O)C(CO)O1)C(=O)O. The third-order valence-corrected chi connectivity index (χ3v) is 3.03. The van der Waals surface area contributed by atoms with Crippen LogP contribution in [0.2, 0.25) is 0 Å². The lowest BCUT2D eigenvalue weighted by atomic mass is 10.0. The van der Waals surface area contributed by atoms with E-state index in [4.69, 9.17) is 19.7 Å². The topological polar surface area (TPSA) is 116 Å². The fraction of sp³-hybridized carbons (Fsp3) is 0.400. The van der Waals surface area contributed by atoms with Crippen molar-refractivity contribution in [1.82, 2.24) is 0 Å². The van der Waals surface area contributed by atoms with Gasteiger partial charge in [0.25, 0.3) is 0 Å². The van der Waals surface area contributed by atoms with E-state index >= 15 is 0 Å². The Bertz CT molecular complexity index is 480. The quantitative estimate of drug-likeness (QED) is 0.299. The van der Waals surface area contributed by atoms with Crippen LogP contribution in [0.25, 0.3) is 0 Å². The van der Waals surface area contributed by atoms with Gasteiger partial charge in [-0.15, -0.1) is 0 Å². The molecule has 22 heavy (non-hydrogen) atoms. The van der Waals surface area contributed by atoms with Crippen LogP contribution in [0.5, 0.6) is 0 Å². The summed E-state index contributed by atoms with van der Waals surface area (Å²) < 4.78 is 10.4. The molecule has 7 heteroatoms. The molecule has 0 aromatic carbocycles. The van der Waals surface area contributed by atoms with Crippen LogP contribution in [0.15, 0.2) is 48.8 Å². The van der Waals surface area contributed by atoms with Gasteiger partial charge in [-0.2, -0.15) is 0 Å². The number of allylic oxidation sites excluding steroid dienone is 5. The molecule has 4 atom stereocenters. The van der Waals surface area contributed by atoms with E-state index < -0.39 is 42.9 Å². The maximum Gasteiger partial charge on any atom is 0.371 e. The Morgan fingerprint density at radius 2 is 2.05 bits per heavy atom. The Labute approximate surface area is 128 Å². The Hall–Kier alpha value is -1.93. The van der Waals surface area contributed by atoms with Crippen molar-refractivity contribution in [2.75, 3.05) is 6.61 Å². The average molecular weight is 312 g/mol. The van der Waals surface area contributed by atoms with Crippen LogP contribution in [0.4, 0.5) is 0 Å². The molecule has 7 nitrogen and oxygen atoms in total. The smallest absolute Gasteiger partial charge is 0.371 e. The van der Waals surface area contributed by atoms with Crippen LogP contribution < -0.4 is 0 Å². The second-order valence-electron chi connectivity index (χ2n) is 4.62. The van der Waals surface area contributed by atoms with Gasteiger partial charge in [-0.1, -0.05) is 31.4 Å². The Morgan fingerprint density at radius 3 is 2.55 bits per heavy atom. The highest BCUT2D eigenvalue weighted by Crippen LogP contribution is 2.23.